The molecule has 0 spiro atoms. The fourth-order valence-corrected chi connectivity index (χ4v) is 7.45. The Balaban J connectivity index is 1.87. The molecule has 6 amide bonds. The minimum absolute atomic E-state index is 0.0946. The van der Waals surface area contributed by atoms with Gasteiger partial charge in [0.05, 0.1) is 12.1 Å². The second kappa shape index (κ2) is 20.6. The highest BCUT2D eigenvalue weighted by Crippen LogP contribution is 2.31. The molecular weight excluding hydrogens is 648 g/mol. The lowest BCUT2D eigenvalue weighted by Gasteiger charge is -2.38. The number of ketones is 1. The lowest BCUT2D eigenvalue weighted by Crippen LogP contribution is -2.60. The maximum Gasteiger partial charge on any atom is 0.315 e. The molecule has 0 aromatic heterocycles. The number of Topliss-reactive ketones (excluding diaryl/α,β-unsaturated/α-hetero) is 1. The Bertz CT molecular complexity index is 1210. The third-order valence-electron chi connectivity index (χ3n) is 10.7. The summed E-state index contributed by atoms with van der Waals surface area (Å²) < 4.78 is 0. The Morgan fingerprint density at radius 3 is 2.22 bits per heavy atom. The summed E-state index contributed by atoms with van der Waals surface area (Å²) in [6.07, 6.45) is 13.0. The van der Waals surface area contributed by atoms with Crippen molar-refractivity contribution in [3.05, 3.63) is 12.7 Å². The van der Waals surface area contributed by atoms with E-state index in [9.17, 15) is 28.8 Å². The third-order valence-corrected chi connectivity index (χ3v) is 10.7. The van der Waals surface area contributed by atoms with E-state index in [1.807, 2.05) is 25.7 Å². The smallest absolute Gasteiger partial charge is 0.315 e. The van der Waals surface area contributed by atoms with Crippen LogP contribution in [0, 0.1) is 17.3 Å². The number of piperidine rings is 1. The molecular formula is C39H66N6O6. The van der Waals surface area contributed by atoms with Crippen LogP contribution in [0.1, 0.15) is 131 Å². The Kier molecular flexibility index (Phi) is 16.9. The van der Waals surface area contributed by atoms with Crippen molar-refractivity contribution in [2.45, 2.75) is 155 Å². The van der Waals surface area contributed by atoms with Crippen molar-refractivity contribution >= 4 is 35.4 Å². The Morgan fingerprint density at radius 2 is 1.59 bits per heavy atom. The zero-order valence-corrected chi connectivity index (χ0v) is 32.0. The van der Waals surface area contributed by atoms with Crippen molar-refractivity contribution in [2.24, 2.45) is 17.3 Å². The highest BCUT2D eigenvalue weighted by molar-refractivity contribution is 6.38. The number of fused-ring (bicyclic) bond motifs is 1. The van der Waals surface area contributed by atoms with Crippen LogP contribution in [0.5, 0.6) is 0 Å². The van der Waals surface area contributed by atoms with Crippen molar-refractivity contribution in [3.63, 3.8) is 0 Å². The van der Waals surface area contributed by atoms with Crippen molar-refractivity contribution in [1.29, 1.82) is 0 Å². The van der Waals surface area contributed by atoms with Crippen molar-refractivity contribution in [3.8, 4) is 0 Å². The Labute approximate surface area is 306 Å². The maximum atomic E-state index is 14.5. The first-order chi connectivity index (χ1) is 24.2. The summed E-state index contributed by atoms with van der Waals surface area (Å²) in [5.74, 6) is -1.83. The number of amides is 6. The summed E-state index contributed by atoms with van der Waals surface area (Å²) in [5.41, 5.74) is -0.349. The van der Waals surface area contributed by atoms with Gasteiger partial charge in [0.25, 0.3) is 5.91 Å². The molecule has 3 saturated heterocycles. The Hall–Kier alpha value is -3.44. The summed E-state index contributed by atoms with van der Waals surface area (Å²) in [7, 11) is 0. The van der Waals surface area contributed by atoms with Gasteiger partial charge in [0.15, 0.2) is 0 Å². The van der Waals surface area contributed by atoms with E-state index < -0.39 is 41.8 Å². The van der Waals surface area contributed by atoms with E-state index in [2.05, 4.69) is 41.7 Å². The first-order valence-electron chi connectivity index (χ1n) is 19.6. The number of carbonyl (C=O) groups is 6. The first-order valence-corrected chi connectivity index (χ1v) is 19.6. The van der Waals surface area contributed by atoms with Crippen molar-refractivity contribution in [1.82, 2.24) is 31.1 Å². The van der Waals surface area contributed by atoms with Gasteiger partial charge in [-0.3, -0.25) is 24.0 Å². The number of nitrogens with zero attached hydrogens (tertiary/aromatic N) is 2. The molecule has 12 nitrogen and oxygen atoms in total. The summed E-state index contributed by atoms with van der Waals surface area (Å²) >= 11 is 0. The molecule has 51 heavy (non-hydrogen) atoms. The second-order valence-electron chi connectivity index (χ2n) is 16.4. The molecule has 0 aliphatic carbocycles. The molecule has 12 heteroatoms. The van der Waals surface area contributed by atoms with Crippen LogP contribution < -0.4 is 21.3 Å². The van der Waals surface area contributed by atoms with E-state index >= 15 is 0 Å². The predicted octanol–water partition coefficient (Wildman–Crippen LogP) is 4.62. The monoisotopic (exact) mass is 715 g/mol. The first kappa shape index (κ1) is 42.0. The van der Waals surface area contributed by atoms with Gasteiger partial charge < -0.3 is 31.1 Å². The topological polar surface area (TPSA) is 157 Å². The van der Waals surface area contributed by atoms with E-state index in [0.29, 0.717) is 57.7 Å². The van der Waals surface area contributed by atoms with Crippen LogP contribution in [0.3, 0.4) is 0 Å². The molecule has 288 valence electrons. The molecule has 4 N–H and O–H groups in total. The number of carbonyl (C=O) groups excluding carboxylic acids is 6. The second-order valence-corrected chi connectivity index (χ2v) is 16.4. The molecule has 5 atom stereocenters. The summed E-state index contributed by atoms with van der Waals surface area (Å²) in [4.78, 5) is 84.4. The fraction of sp³-hybridized carbons (Fsp3) is 0.795. The van der Waals surface area contributed by atoms with Gasteiger partial charge in [0.2, 0.25) is 23.5 Å². The van der Waals surface area contributed by atoms with Gasteiger partial charge in [0, 0.05) is 32.6 Å². The zero-order valence-electron chi connectivity index (χ0n) is 32.0. The summed E-state index contributed by atoms with van der Waals surface area (Å²) in [6, 6.07) is -3.49. The number of urea groups is 1. The minimum Gasteiger partial charge on any atom is -0.346 e. The molecule has 0 bridgehead atoms. The SMILES string of the molecule is C=CCNC(=O)C(=O)[C@@H]1CCCCCCCCC[C@H](NC(=O)N[C@H](CN2CCCCC2=O)C(C)(C)C)C(=O)N2CC[C@H](CCC(C)C)[C@H]2C(=O)N1. The van der Waals surface area contributed by atoms with E-state index in [4.69, 9.17) is 0 Å². The van der Waals surface area contributed by atoms with Crippen LogP contribution in [0.4, 0.5) is 4.79 Å². The fourth-order valence-electron chi connectivity index (χ4n) is 7.45. The molecule has 3 aliphatic rings. The standard InChI is InChI=1S/C39H66N6O6/c1-7-23-40-36(49)34(47)29-17-13-11-9-8-10-12-14-18-30(37(50)45-25-22-28(21-20-27(2)3)33(45)35(48)41-29)42-38(51)43-31(39(4,5)6)26-44-24-16-15-19-32(44)46/h7,27-31,33H,1,8-26H2,2-6H3,(H,40,49)(H,41,48)(H2,42,43,51)/t28-,29-,30-,31+,33-/m0/s1. The Morgan fingerprint density at radius 1 is 0.922 bits per heavy atom. The summed E-state index contributed by atoms with van der Waals surface area (Å²) in [6.45, 7) is 15.5. The highest BCUT2D eigenvalue weighted by atomic mass is 16.2. The number of nitrogens with one attached hydrogen (secondary N) is 4. The minimum atomic E-state index is -1.00. The molecule has 0 aromatic rings. The van der Waals surface area contributed by atoms with Crippen molar-refractivity contribution in [2.75, 3.05) is 26.2 Å². The normalized spacial score (nSPS) is 25.1. The molecule has 0 saturated carbocycles. The van der Waals surface area contributed by atoms with Crippen LogP contribution in [-0.4, -0.2) is 95.6 Å². The highest BCUT2D eigenvalue weighted by Gasteiger charge is 2.45. The molecule has 0 aromatic carbocycles. The van der Waals surface area contributed by atoms with Gasteiger partial charge >= 0.3 is 6.03 Å². The van der Waals surface area contributed by atoms with E-state index in [1.165, 1.54) is 6.08 Å². The van der Waals surface area contributed by atoms with Gasteiger partial charge in [-0.1, -0.05) is 92.1 Å². The third kappa shape index (κ3) is 13.2. The number of likely N-dealkylation sites (tertiary alicyclic amines) is 1. The van der Waals surface area contributed by atoms with Gasteiger partial charge in [0.1, 0.15) is 12.1 Å². The number of rotatable bonds is 11. The van der Waals surface area contributed by atoms with E-state index in [0.717, 1.165) is 64.2 Å². The molecule has 3 fully saturated rings. The van der Waals surface area contributed by atoms with Gasteiger partial charge in [-0.25, -0.2) is 4.79 Å². The molecule has 3 rings (SSSR count). The van der Waals surface area contributed by atoms with Crippen LogP contribution in [0.15, 0.2) is 12.7 Å². The van der Waals surface area contributed by atoms with Crippen LogP contribution in [0.2, 0.25) is 0 Å². The van der Waals surface area contributed by atoms with Crippen LogP contribution in [0.25, 0.3) is 0 Å². The van der Waals surface area contributed by atoms with Gasteiger partial charge in [-0.2, -0.15) is 0 Å². The molecule has 0 radical (unpaired) electrons. The van der Waals surface area contributed by atoms with Gasteiger partial charge in [-0.05, 0) is 55.8 Å². The average Bonchev–Trinajstić information content (AvgIpc) is 3.51. The van der Waals surface area contributed by atoms with Crippen LogP contribution in [-0.2, 0) is 24.0 Å². The molecule has 0 unspecified atom stereocenters. The quantitative estimate of drug-likeness (QED) is 0.181. The average molecular weight is 715 g/mol. The summed E-state index contributed by atoms with van der Waals surface area (Å²) in [5, 5.41) is 11.5. The molecule has 3 heterocycles. The van der Waals surface area contributed by atoms with E-state index in [1.54, 1.807) is 4.90 Å². The number of hydrogen-bond acceptors (Lipinski definition) is 6. The van der Waals surface area contributed by atoms with Gasteiger partial charge in [-0.15, -0.1) is 6.58 Å². The largest absolute Gasteiger partial charge is 0.346 e. The van der Waals surface area contributed by atoms with Crippen molar-refractivity contribution < 1.29 is 28.8 Å². The van der Waals surface area contributed by atoms with Crippen LogP contribution >= 0.6 is 0 Å². The lowest BCUT2D eigenvalue weighted by atomic mass is 9.86. The number of hydrogen-bond donors (Lipinski definition) is 4. The maximum absolute atomic E-state index is 14.5. The lowest BCUT2D eigenvalue weighted by molar-refractivity contribution is -0.143. The zero-order chi connectivity index (χ0) is 37.6. The predicted molar refractivity (Wildman–Crippen MR) is 199 cm³/mol. The van der Waals surface area contributed by atoms with E-state index in [-0.39, 0.29) is 35.7 Å². The molecule has 3 aliphatic heterocycles.